The third kappa shape index (κ3) is 2.82. The maximum atomic E-state index is 11.4. The van der Waals surface area contributed by atoms with Crippen LogP contribution in [0.15, 0.2) is 30.5 Å². The molecule has 0 saturated carbocycles. The van der Waals surface area contributed by atoms with Crippen LogP contribution in [-0.4, -0.2) is 30.2 Å². The average Bonchev–Trinajstić information content (AvgIpc) is 2.46. The Labute approximate surface area is 115 Å². The fourth-order valence-corrected chi connectivity index (χ4v) is 1.69. The van der Waals surface area contributed by atoms with E-state index in [-0.39, 0.29) is 10.7 Å². The summed E-state index contributed by atoms with van der Waals surface area (Å²) in [6.07, 6.45) is 1.35. The lowest BCUT2D eigenvalue weighted by atomic mass is 10.2. The fraction of sp³-hybridized carbons (Fsp3) is 0.154. The van der Waals surface area contributed by atoms with Crippen molar-refractivity contribution in [3.63, 3.8) is 0 Å². The van der Waals surface area contributed by atoms with E-state index < -0.39 is 5.97 Å². The van der Waals surface area contributed by atoms with Crippen molar-refractivity contribution in [1.82, 2.24) is 9.97 Å². The first-order chi connectivity index (χ1) is 9.15. The molecule has 1 aromatic carbocycles. The summed E-state index contributed by atoms with van der Waals surface area (Å²) in [5.74, 6) is 0.604. The van der Waals surface area contributed by atoms with Crippen molar-refractivity contribution < 1.29 is 14.3 Å². The molecule has 0 saturated heterocycles. The summed E-state index contributed by atoms with van der Waals surface area (Å²) < 4.78 is 9.64. The van der Waals surface area contributed by atoms with Crippen molar-refractivity contribution in [3.05, 3.63) is 41.2 Å². The molecule has 6 heteroatoms. The highest BCUT2D eigenvalue weighted by Crippen LogP contribution is 2.22. The number of hydrogen-bond acceptors (Lipinski definition) is 5. The summed E-state index contributed by atoms with van der Waals surface area (Å²) in [7, 11) is 2.86. The van der Waals surface area contributed by atoms with Gasteiger partial charge in [0.15, 0.2) is 5.82 Å². The fourth-order valence-electron chi connectivity index (χ4n) is 1.49. The van der Waals surface area contributed by atoms with Crippen LogP contribution < -0.4 is 4.74 Å². The molecule has 0 bridgehead atoms. The van der Waals surface area contributed by atoms with Gasteiger partial charge >= 0.3 is 5.97 Å². The molecule has 0 spiro atoms. The van der Waals surface area contributed by atoms with E-state index in [0.717, 1.165) is 11.3 Å². The summed E-state index contributed by atoms with van der Waals surface area (Å²) >= 11 is 5.93. The monoisotopic (exact) mass is 278 g/mol. The Morgan fingerprint density at radius 2 is 1.89 bits per heavy atom. The van der Waals surface area contributed by atoms with Crippen molar-refractivity contribution in [2.75, 3.05) is 14.2 Å². The highest BCUT2D eigenvalue weighted by Gasteiger charge is 2.14. The van der Waals surface area contributed by atoms with Gasteiger partial charge in [-0.05, 0) is 24.3 Å². The Morgan fingerprint density at radius 3 is 2.42 bits per heavy atom. The topological polar surface area (TPSA) is 61.3 Å². The Morgan fingerprint density at radius 1 is 1.21 bits per heavy atom. The third-order valence-electron chi connectivity index (χ3n) is 2.50. The number of aromatic nitrogens is 2. The van der Waals surface area contributed by atoms with E-state index in [2.05, 4.69) is 14.7 Å². The molecule has 0 amide bonds. The predicted octanol–water partition coefficient (Wildman–Crippen LogP) is 2.59. The van der Waals surface area contributed by atoms with E-state index in [1.165, 1.54) is 13.3 Å². The van der Waals surface area contributed by atoms with Gasteiger partial charge in [0, 0.05) is 11.8 Å². The van der Waals surface area contributed by atoms with Crippen LogP contribution in [0.4, 0.5) is 0 Å². The number of methoxy groups -OCH3 is 2. The van der Waals surface area contributed by atoms with Crippen molar-refractivity contribution >= 4 is 17.6 Å². The molecule has 0 radical (unpaired) electrons. The molecule has 98 valence electrons. The van der Waals surface area contributed by atoms with Crippen LogP contribution in [0.3, 0.4) is 0 Å². The van der Waals surface area contributed by atoms with Crippen molar-refractivity contribution in [2.24, 2.45) is 0 Å². The van der Waals surface area contributed by atoms with E-state index >= 15 is 0 Å². The van der Waals surface area contributed by atoms with Gasteiger partial charge in [-0.1, -0.05) is 11.6 Å². The van der Waals surface area contributed by atoms with Crippen LogP contribution in [0, 0.1) is 0 Å². The molecule has 0 atom stereocenters. The molecule has 0 aliphatic carbocycles. The number of carbonyl (C=O) groups excluding carboxylic acids is 1. The number of rotatable bonds is 3. The van der Waals surface area contributed by atoms with Crippen LogP contribution in [0.5, 0.6) is 5.75 Å². The number of nitrogens with zero attached hydrogens (tertiary/aromatic N) is 2. The number of halogens is 1. The van der Waals surface area contributed by atoms with E-state index in [1.54, 1.807) is 19.2 Å². The van der Waals surface area contributed by atoms with Crippen LogP contribution in [-0.2, 0) is 4.74 Å². The zero-order valence-electron chi connectivity index (χ0n) is 10.4. The van der Waals surface area contributed by atoms with E-state index in [9.17, 15) is 4.79 Å². The highest BCUT2D eigenvalue weighted by molar-refractivity contribution is 6.32. The molecule has 19 heavy (non-hydrogen) atoms. The molecule has 0 fully saturated rings. The molecule has 0 unspecified atom stereocenters. The Balaban J connectivity index is 2.35. The molecule has 2 aromatic rings. The molecule has 0 aliphatic rings. The van der Waals surface area contributed by atoms with Crippen LogP contribution in [0.2, 0.25) is 5.15 Å². The minimum absolute atomic E-state index is 0.0627. The van der Waals surface area contributed by atoms with Gasteiger partial charge in [-0.15, -0.1) is 0 Å². The molecule has 0 N–H and O–H groups in total. The molecule has 1 heterocycles. The molecule has 0 aliphatic heterocycles. The number of carbonyl (C=O) groups is 1. The zero-order valence-corrected chi connectivity index (χ0v) is 11.1. The summed E-state index contributed by atoms with van der Waals surface area (Å²) in [5, 5.41) is 0.0627. The van der Waals surface area contributed by atoms with Gasteiger partial charge in [0.25, 0.3) is 0 Å². The third-order valence-corrected chi connectivity index (χ3v) is 2.78. The average molecular weight is 279 g/mol. The summed E-state index contributed by atoms with van der Waals surface area (Å²) in [4.78, 5) is 19.5. The molecular weight excluding hydrogens is 268 g/mol. The lowest BCUT2D eigenvalue weighted by molar-refractivity contribution is 0.0600. The van der Waals surface area contributed by atoms with Gasteiger partial charge in [0.2, 0.25) is 0 Å². The second-order valence-corrected chi connectivity index (χ2v) is 3.98. The highest BCUT2D eigenvalue weighted by atomic mass is 35.5. The number of benzene rings is 1. The lowest BCUT2D eigenvalue weighted by Gasteiger charge is -2.05. The van der Waals surface area contributed by atoms with E-state index in [0.29, 0.717) is 5.82 Å². The van der Waals surface area contributed by atoms with Crippen molar-refractivity contribution in [2.45, 2.75) is 0 Å². The smallest absolute Gasteiger partial charge is 0.342 e. The van der Waals surface area contributed by atoms with Crippen molar-refractivity contribution in [3.8, 4) is 17.1 Å². The zero-order chi connectivity index (χ0) is 13.8. The van der Waals surface area contributed by atoms with Gasteiger partial charge in [-0.25, -0.2) is 14.8 Å². The second kappa shape index (κ2) is 5.67. The first-order valence-corrected chi connectivity index (χ1v) is 5.78. The van der Waals surface area contributed by atoms with Crippen molar-refractivity contribution in [1.29, 1.82) is 0 Å². The number of ether oxygens (including phenoxy) is 2. The van der Waals surface area contributed by atoms with Gasteiger partial charge < -0.3 is 9.47 Å². The Bertz CT molecular complexity index is 599. The maximum Gasteiger partial charge on any atom is 0.342 e. The minimum atomic E-state index is -0.564. The molecular formula is C13H11ClN2O3. The first-order valence-electron chi connectivity index (χ1n) is 5.41. The summed E-state index contributed by atoms with van der Waals surface area (Å²) in [5.41, 5.74) is 0.917. The van der Waals surface area contributed by atoms with Gasteiger partial charge in [0.05, 0.1) is 14.2 Å². The van der Waals surface area contributed by atoms with Crippen LogP contribution in [0.25, 0.3) is 11.4 Å². The molecule has 1 aromatic heterocycles. The van der Waals surface area contributed by atoms with E-state index in [4.69, 9.17) is 16.3 Å². The second-order valence-electron chi connectivity index (χ2n) is 3.62. The largest absolute Gasteiger partial charge is 0.497 e. The van der Waals surface area contributed by atoms with Crippen LogP contribution in [0.1, 0.15) is 10.4 Å². The minimum Gasteiger partial charge on any atom is -0.497 e. The summed E-state index contributed by atoms with van der Waals surface area (Å²) in [6, 6.07) is 7.20. The lowest BCUT2D eigenvalue weighted by Crippen LogP contribution is -2.05. The standard InChI is InChI=1S/C13H11ClN2O3/c1-18-9-5-3-8(4-6-9)12-15-7-10(11(14)16-12)13(17)19-2/h3-7H,1-2H3. The SMILES string of the molecule is COC(=O)c1cnc(-c2ccc(OC)cc2)nc1Cl. The van der Waals surface area contributed by atoms with Gasteiger partial charge in [0.1, 0.15) is 16.5 Å². The Kier molecular flexibility index (Phi) is 3.97. The predicted molar refractivity (Wildman–Crippen MR) is 70.4 cm³/mol. The normalized spacial score (nSPS) is 10.1. The number of hydrogen-bond donors (Lipinski definition) is 0. The van der Waals surface area contributed by atoms with Gasteiger partial charge in [-0.3, -0.25) is 0 Å². The Hall–Kier alpha value is -2.14. The van der Waals surface area contributed by atoms with Crippen LogP contribution >= 0.6 is 11.6 Å². The summed E-state index contributed by atoms with van der Waals surface area (Å²) in [6.45, 7) is 0. The quantitative estimate of drug-likeness (QED) is 0.638. The first kappa shape index (κ1) is 13.3. The molecule has 2 rings (SSSR count). The molecule has 5 nitrogen and oxygen atoms in total. The number of esters is 1. The van der Waals surface area contributed by atoms with E-state index in [1.807, 2.05) is 12.1 Å². The maximum absolute atomic E-state index is 11.4. The van der Waals surface area contributed by atoms with Gasteiger partial charge in [-0.2, -0.15) is 0 Å².